The van der Waals surface area contributed by atoms with Crippen molar-refractivity contribution < 1.29 is 9.53 Å². The number of esters is 1. The van der Waals surface area contributed by atoms with Gasteiger partial charge in [-0.1, -0.05) is 115 Å². The van der Waals surface area contributed by atoms with Crippen LogP contribution in [0.15, 0.2) is 29.8 Å². The number of nitriles is 1. The third kappa shape index (κ3) is 14.8. The van der Waals surface area contributed by atoms with Gasteiger partial charge in [-0.25, -0.2) is 4.79 Å². The van der Waals surface area contributed by atoms with Gasteiger partial charge in [0.1, 0.15) is 11.6 Å². The third-order valence-corrected chi connectivity index (χ3v) is 6.29. The fraction of sp³-hybridized carbons (Fsp3) is 0.667. The molecular formula is C30H48N2O2. The van der Waals surface area contributed by atoms with Crippen molar-refractivity contribution in [2.75, 3.05) is 25.6 Å². The summed E-state index contributed by atoms with van der Waals surface area (Å²) in [5.41, 5.74) is 1.94. The number of hydrogen-bond donors (Lipinski definition) is 0. The van der Waals surface area contributed by atoms with E-state index in [9.17, 15) is 10.1 Å². The molecule has 0 unspecified atom stereocenters. The number of nitrogens with zero attached hydrogens (tertiary/aromatic N) is 2. The number of ether oxygens (including phenoxy) is 1. The average Bonchev–Trinajstić information content (AvgIpc) is 2.84. The Labute approximate surface area is 209 Å². The van der Waals surface area contributed by atoms with Crippen molar-refractivity contribution >= 4 is 17.7 Å². The van der Waals surface area contributed by atoms with Crippen LogP contribution in [0.2, 0.25) is 0 Å². The lowest BCUT2D eigenvalue weighted by Gasteiger charge is -2.11. The van der Waals surface area contributed by atoms with Gasteiger partial charge in [0.2, 0.25) is 0 Å². The predicted octanol–water partition coefficient (Wildman–Crippen LogP) is 8.46. The fourth-order valence-corrected chi connectivity index (χ4v) is 4.06. The van der Waals surface area contributed by atoms with E-state index in [0.29, 0.717) is 6.61 Å². The van der Waals surface area contributed by atoms with Gasteiger partial charge in [-0.3, -0.25) is 0 Å². The molecule has 4 heteroatoms. The highest BCUT2D eigenvalue weighted by molar-refractivity contribution is 5.97. The van der Waals surface area contributed by atoms with Gasteiger partial charge >= 0.3 is 5.97 Å². The van der Waals surface area contributed by atoms with Crippen LogP contribution in [0, 0.1) is 11.3 Å². The molecule has 0 N–H and O–H groups in total. The van der Waals surface area contributed by atoms with Gasteiger partial charge < -0.3 is 9.64 Å². The van der Waals surface area contributed by atoms with Crippen molar-refractivity contribution in [2.45, 2.75) is 110 Å². The molecule has 0 aliphatic heterocycles. The van der Waals surface area contributed by atoms with E-state index in [1.165, 1.54) is 89.9 Å². The Kier molecular flexibility index (Phi) is 17.6. The van der Waals surface area contributed by atoms with E-state index in [4.69, 9.17) is 4.74 Å². The highest BCUT2D eigenvalue weighted by Crippen LogP contribution is 2.16. The van der Waals surface area contributed by atoms with Gasteiger partial charge in [0.25, 0.3) is 0 Å². The Morgan fingerprint density at radius 2 is 1.24 bits per heavy atom. The lowest BCUT2D eigenvalue weighted by atomic mass is 10.0. The number of unbranched alkanes of at least 4 members (excludes halogenated alkanes) is 15. The summed E-state index contributed by atoms with van der Waals surface area (Å²) < 4.78 is 5.31. The number of benzene rings is 1. The Morgan fingerprint density at radius 3 is 1.65 bits per heavy atom. The number of carbonyl (C=O) groups is 1. The first-order chi connectivity index (χ1) is 16.6. The van der Waals surface area contributed by atoms with Crippen molar-refractivity contribution in [2.24, 2.45) is 0 Å². The number of hydrogen-bond acceptors (Lipinski definition) is 4. The molecule has 0 radical (unpaired) electrons. The van der Waals surface area contributed by atoms with Gasteiger partial charge in [-0.15, -0.1) is 0 Å². The van der Waals surface area contributed by atoms with Gasteiger partial charge in [-0.05, 0) is 30.2 Å². The van der Waals surface area contributed by atoms with Crippen LogP contribution in [0.4, 0.5) is 5.69 Å². The smallest absolute Gasteiger partial charge is 0.348 e. The van der Waals surface area contributed by atoms with E-state index in [1.54, 1.807) is 6.08 Å². The lowest BCUT2D eigenvalue weighted by Crippen LogP contribution is -2.08. The minimum absolute atomic E-state index is 0.0501. The first-order valence-corrected chi connectivity index (χ1v) is 13.6. The molecule has 1 rings (SSSR count). The Morgan fingerprint density at radius 1 is 0.794 bits per heavy atom. The molecule has 34 heavy (non-hydrogen) atoms. The van der Waals surface area contributed by atoms with Gasteiger partial charge in [0, 0.05) is 19.8 Å². The first kappa shape index (κ1) is 29.8. The molecular weight excluding hydrogens is 420 g/mol. The molecule has 0 amide bonds. The summed E-state index contributed by atoms with van der Waals surface area (Å²) >= 11 is 0. The molecule has 0 saturated carbocycles. The minimum atomic E-state index is -0.528. The molecule has 4 nitrogen and oxygen atoms in total. The Bertz CT molecular complexity index is 716. The first-order valence-electron chi connectivity index (χ1n) is 13.6. The zero-order chi connectivity index (χ0) is 24.9. The molecule has 1 aromatic rings. The maximum atomic E-state index is 12.2. The predicted molar refractivity (Wildman–Crippen MR) is 145 cm³/mol. The SMILES string of the molecule is CCCCCCCCCCCCCCCCCCOC(=O)/C(C#N)=C\c1ccc(N(C)C)cc1. The van der Waals surface area contributed by atoms with Crippen LogP contribution in [0.3, 0.4) is 0 Å². The van der Waals surface area contributed by atoms with E-state index in [-0.39, 0.29) is 5.57 Å². The van der Waals surface area contributed by atoms with Crippen LogP contribution in [0.1, 0.15) is 115 Å². The highest BCUT2D eigenvalue weighted by atomic mass is 16.5. The Hall–Kier alpha value is -2.28. The Balaban J connectivity index is 2.01. The quantitative estimate of drug-likeness (QED) is 0.0833. The average molecular weight is 469 g/mol. The minimum Gasteiger partial charge on any atom is -0.462 e. The molecule has 0 aliphatic rings. The number of rotatable bonds is 20. The molecule has 0 aromatic heterocycles. The van der Waals surface area contributed by atoms with Crippen molar-refractivity contribution in [1.29, 1.82) is 5.26 Å². The van der Waals surface area contributed by atoms with Crippen LogP contribution in [0.5, 0.6) is 0 Å². The van der Waals surface area contributed by atoms with E-state index in [0.717, 1.165) is 24.1 Å². The van der Waals surface area contributed by atoms with Crippen molar-refractivity contribution in [3.05, 3.63) is 35.4 Å². The number of anilines is 1. The van der Waals surface area contributed by atoms with Crippen molar-refractivity contribution in [1.82, 2.24) is 0 Å². The van der Waals surface area contributed by atoms with Crippen molar-refractivity contribution in [3.63, 3.8) is 0 Å². The van der Waals surface area contributed by atoms with Crippen LogP contribution in [0.25, 0.3) is 6.08 Å². The van der Waals surface area contributed by atoms with Gasteiger partial charge in [0.15, 0.2) is 0 Å². The molecule has 1 aromatic carbocycles. The summed E-state index contributed by atoms with van der Waals surface area (Å²) in [6.07, 6.45) is 22.6. The summed E-state index contributed by atoms with van der Waals surface area (Å²) in [7, 11) is 3.95. The van der Waals surface area contributed by atoms with Gasteiger partial charge in [0.05, 0.1) is 6.61 Å². The summed E-state index contributed by atoms with van der Waals surface area (Å²) in [5.74, 6) is -0.528. The zero-order valence-corrected chi connectivity index (χ0v) is 22.1. The standard InChI is InChI=1S/C30H48N2O2/c1-4-5-6-7-8-9-10-11-12-13-14-15-16-17-18-19-24-34-30(33)28(26-31)25-27-20-22-29(23-21-27)32(2)3/h20-23,25H,4-19,24H2,1-3H3/b28-25-. The van der Waals surface area contributed by atoms with Crippen LogP contribution < -0.4 is 4.90 Å². The third-order valence-electron chi connectivity index (χ3n) is 6.29. The van der Waals surface area contributed by atoms with Crippen LogP contribution in [-0.4, -0.2) is 26.7 Å². The molecule has 0 bridgehead atoms. The second kappa shape index (κ2) is 20.1. The molecule has 0 aliphatic carbocycles. The lowest BCUT2D eigenvalue weighted by molar-refractivity contribution is -0.138. The van der Waals surface area contributed by atoms with E-state index in [2.05, 4.69) is 6.92 Å². The normalized spacial score (nSPS) is 11.3. The van der Waals surface area contributed by atoms with Crippen LogP contribution >= 0.6 is 0 Å². The number of carbonyl (C=O) groups excluding carboxylic acids is 1. The van der Waals surface area contributed by atoms with E-state index < -0.39 is 5.97 Å². The largest absolute Gasteiger partial charge is 0.462 e. The molecule has 0 saturated heterocycles. The second-order valence-electron chi connectivity index (χ2n) is 9.59. The van der Waals surface area contributed by atoms with Crippen molar-refractivity contribution in [3.8, 4) is 6.07 Å². The monoisotopic (exact) mass is 468 g/mol. The van der Waals surface area contributed by atoms with E-state index >= 15 is 0 Å². The van der Waals surface area contributed by atoms with Crippen LogP contribution in [-0.2, 0) is 9.53 Å². The zero-order valence-electron chi connectivity index (χ0n) is 22.1. The maximum Gasteiger partial charge on any atom is 0.348 e. The summed E-state index contributed by atoms with van der Waals surface area (Å²) in [6, 6.07) is 9.69. The highest BCUT2D eigenvalue weighted by Gasteiger charge is 2.10. The molecule has 0 heterocycles. The molecule has 190 valence electrons. The molecule has 0 spiro atoms. The summed E-state index contributed by atoms with van der Waals surface area (Å²) in [6.45, 7) is 2.66. The van der Waals surface area contributed by atoms with E-state index in [1.807, 2.05) is 49.3 Å². The summed E-state index contributed by atoms with van der Waals surface area (Å²) in [5, 5.41) is 9.32. The topological polar surface area (TPSA) is 53.3 Å². The van der Waals surface area contributed by atoms with Gasteiger partial charge in [-0.2, -0.15) is 5.26 Å². The maximum absolute atomic E-state index is 12.2. The second-order valence-corrected chi connectivity index (χ2v) is 9.59. The molecule has 0 atom stereocenters. The molecule has 0 fully saturated rings. The summed E-state index contributed by atoms with van der Waals surface area (Å²) in [4.78, 5) is 14.2. The fourth-order valence-electron chi connectivity index (χ4n) is 4.06.